The molecule has 1 amide bonds. The first-order chi connectivity index (χ1) is 13.9. The number of anilines is 1. The van der Waals surface area contributed by atoms with Gasteiger partial charge >= 0.3 is 5.97 Å². The molecule has 0 aliphatic rings. The molecule has 7 nitrogen and oxygen atoms in total. The Bertz CT molecular complexity index is 1030. The molecule has 29 heavy (non-hydrogen) atoms. The van der Waals surface area contributed by atoms with E-state index in [1.807, 2.05) is 38.1 Å². The zero-order valence-electron chi connectivity index (χ0n) is 16.4. The average molecular weight is 411 g/mol. The van der Waals surface area contributed by atoms with E-state index in [1.54, 1.807) is 25.1 Å². The number of amides is 1. The first-order valence-corrected chi connectivity index (χ1v) is 9.96. The van der Waals surface area contributed by atoms with Crippen LogP contribution in [0.15, 0.2) is 51.9 Å². The summed E-state index contributed by atoms with van der Waals surface area (Å²) in [6, 6.07) is 12.6. The fraction of sp³-hybridized carbons (Fsp3) is 0.238. The van der Waals surface area contributed by atoms with Gasteiger partial charge in [-0.15, -0.1) is 11.8 Å². The minimum atomic E-state index is -0.565. The Hall–Kier alpha value is -3.13. The summed E-state index contributed by atoms with van der Waals surface area (Å²) in [6.07, 6.45) is 0. The number of carbonyl (C=O) groups is 2. The Kier molecular flexibility index (Phi) is 6.66. The molecule has 0 radical (unpaired) electrons. The van der Waals surface area contributed by atoms with E-state index in [-0.39, 0.29) is 6.61 Å². The van der Waals surface area contributed by atoms with Crippen LogP contribution in [-0.2, 0) is 15.3 Å². The molecule has 0 bridgehead atoms. The number of esters is 1. The molecule has 3 aromatic rings. The lowest BCUT2D eigenvalue weighted by atomic mass is 10.1. The number of hydrogen-bond acceptors (Lipinski definition) is 7. The molecule has 0 unspecified atom stereocenters. The van der Waals surface area contributed by atoms with Crippen LogP contribution in [0.25, 0.3) is 0 Å². The highest BCUT2D eigenvalue weighted by Gasteiger charge is 2.16. The van der Waals surface area contributed by atoms with Crippen LogP contribution in [0.1, 0.15) is 33.2 Å². The van der Waals surface area contributed by atoms with Crippen molar-refractivity contribution < 1.29 is 18.8 Å². The molecule has 0 fully saturated rings. The molecule has 0 aliphatic carbocycles. The number of rotatable bonds is 7. The van der Waals surface area contributed by atoms with Crippen LogP contribution in [0.2, 0.25) is 0 Å². The lowest BCUT2D eigenvalue weighted by Gasteiger charge is -2.10. The van der Waals surface area contributed by atoms with Crippen LogP contribution in [-0.4, -0.2) is 28.6 Å². The molecule has 150 valence electrons. The minimum Gasteiger partial charge on any atom is -0.452 e. The second kappa shape index (κ2) is 9.38. The summed E-state index contributed by atoms with van der Waals surface area (Å²) in [5.41, 5.74) is 3.26. The summed E-state index contributed by atoms with van der Waals surface area (Å²) in [5, 5.41) is 6.48. The van der Waals surface area contributed by atoms with Crippen LogP contribution in [0, 0.1) is 20.8 Å². The molecule has 3 rings (SSSR count). The van der Waals surface area contributed by atoms with E-state index in [0.29, 0.717) is 33.6 Å². The fourth-order valence-corrected chi connectivity index (χ4v) is 3.40. The molecule has 1 heterocycles. The Balaban J connectivity index is 1.57. The lowest BCUT2D eigenvalue weighted by Crippen LogP contribution is -2.21. The molecule has 0 saturated heterocycles. The molecule has 8 heteroatoms. The summed E-state index contributed by atoms with van der Waals surface area (Å²) in [6.45, 7) is 5.34. The van der Waals surface area contributed by atoms with Crippen molar-refractivity contribution in [3.8, 4) is 0 Å². The predicted molar refractivity (Wildman–Crippen MR) is 110 cm³/mol. The van der Waals surface area contributed by atoms with Gasteiger partial charge in [0.2, 0.25) is 5.89 Å². The number of hydrogen-bond donors (Lipinski definition) is 1. The molecule has 1 N–H and O–H groups in total. The van der Waals surface area contributed by atoms with Gasteiger partial charge in [0.15, 0.2) is 12.4 Å². The third-order valence-corrected chi connectivity index (χ3v) is 5.21. The lowest BCUT2D eigenvalue weighted by molar-refractivity contribution is -0.119. The van der Waals surface area contributed by atoms with Crippen molar-refractivity contribution in [3.63, 3.8) is 0 Å². The topological polar surface area (TPSA) is 94.3 Å². The van der Waals surface area contributed by atoms with E-state index in [9.17, 15) is 9.59 Å². The molecule has 0 spiro atoms. The predicted octanol–water partition coefficient (Wildman–Crippen LogP) is 4.08. The Morgan fingerprint density at radius 1 is 1.10 bits per heavy atom. The second-order valence-electron chi connectivity index (χ2n) is 6.44. The van der Waals surface area contributed by atoms with Gasteiger partial charge in [-0.2, -0.15) is 4.98 Å². The highest BCUT2D eigenvalue weighted by atomic mass is 32.2. The Morgan fingerprint density at radius 2 is 1.90 bits per heavy atom. The van der Waals surface area contributed by atoms with Gasteiger partial charge < -0.3 is 14.6 Å². The van der Waals surface area contributed by atoms with Crippen molar-refractivity contribution in [2.45, 2.75) is 31.4 Å². The standard InChI is InChI=1S/C21H21N3O4S/c1-13-8-9-16(10-14(13)2)23-19(25)11-27-21(26)17-6-4-5-7-18(17)29-12-20-22-15(3)24-28-20/h4-10H,11-12H2,1-3H3,(H,23,25). The van der Waals surface area contributed by atoms with Gasteiger partial charge in [-0.1, -0.05) is 23.4 Å². The molecule has 0 aliphatic heterocycles. The molecule has 0 atom stereocenters. The van der Waals surface area contributed by atoms with Gasteiger partial charge in [0.05, 0.1) is 11.3 Å². The number of aromatic nitrogens is 2. The van der Waals surface area contributed by atoms with E-state index >= 15 is 0 Å². The highest BCUT2D eigenvalue weighted by Crippen LogP contribution is 2.26. The molecule has 2 aromatic carbocycles. The maximum Gasteiger partial charge on any atom is 0.339 e. The number of nitrogens with one attached hydrogen (secondary N) is 1. The molecular formula is C21H21N3O4S. The zero-order valence-corrected chi connectivity index (χ0v) is 17.2. The zero-order chi connectivity index (χ0) is 20.8. The van der Waals surface area contributed by atoms with Crippen LogP contribution >= 0.6 is 11.8 Å². The van der Waals surface area contributed by atoms with Gasteiger partial charge in [-0.05, 0) is 56.2 Å². The third kappa shape index (κ3) is 5.68. The van der Waals surface area contributed by atoms with Crippen molar-refractivity contribution in [2.75, 3.05) is 11.9 Å². The van der Waals surface area contributed by atoms with Crippen LogP contribution in [0.3, 0.4) is 0 Å². The van der Waals surface area contributed by atoms with Crippen molar-refractivity contribution in [1.29, 1.82) is 0 Å². The van der Waals surface area contributed by atoms with Crippen molar-refractivity contribution in [2.24, 2.45) is 0 Å². The smallest absolute Gasteiger partial charge is 0.339 e. The maximum absolute atomic E-state index is 12.5. The van der Waals surface area contributed by atoms with Crippen LogP contribution < -0.4 is 5.32 Å². The second-order valence-corrected chi connectivity index (χ2v) is 7.46. The molecule has 1 aromatic heterocycles. The quantitative estimate of drug-likeness (QED) is 0.462. The number of benzene rings is 2. The Morgan fingerprint density at radius 3 is 2.62 bits per heavy atom. The van der Waals surface area contributed by atoms with E-state index < -0.39 is 11.9 Å². The number of nitrogens with zero attached hydrogens (tertiary/aromatic N) is 2. The van der Waals surface area contributed by atoms with Gasteiger partial charge in [0.1, 0.15) is 0 Å². The van der Waals surface area contributed by atoms with Crippen LogP contribution in [0.5, 0.6) is 0 Å². The van der Waals surface area contributed by atoms with Gasteiger partial charge in [0.25, 0.3) is 5.91 Å². The van der Waals surface area contributed by atoms with Crippen molar-refractivity contribution in [3.05, 3.63) is 70.9 Å². The van der Waals surface area contributed by atoms with E-state index in [2.05, 4.69) is 15.5 Å². The van der Waals surface area contributed by atoms with Gasteiger partial charge in [0, 0.05) is 10.6 Å². The third-order valence-electron chi connectivity index (χ3n) is 4.15. The first-order valence-electron chi connectivity index (χ1n) is 8.97. The van der Waals surface area contributed by atoms with Gasteiger partial charge in [-0.3, -0.25) is 4.79 Å². The van der Waals surface area contributed by atoms with E-state index in [1.165, 1.54) is 11.8 Å². The van der Waals surface area contributed by atoms with E-state index in [0.717, 1.165) is 11.1 Å². The van der Waals surface area contributed by atoms with Crippen LogP contribution in [0.4, 0.5) is 5.69 Å². The monoisotopic (exact) mass is 411 g/mol. The highest BCUT2D eigenvalue weighted by molar-refractivity contribution is 7.98. The summed E-state index contributed by atoms with van der Waals surface area (Å²) >= 11 is 1.38. The average Bonchev–Trinajstić information content (AvgIpc) is 3.13. The summed E-state index contributed by atoms with van der Waals surface area (Å²) in [4.78, 5) is 29.4. The molecular weight excluding hydrogens is 390 g/mol. The fourth-order valence-electron chi connectivity index (χ4n) is 2.52. The summed E-state index contributed by atoms with van der Waals surface area (Å²) in [7, 11) is 0. The van der Waals surface area contributed by atoms with Gasteiger partial charge in [-0.25, -0.2) is 4.79 Å². The maximum atomic E-state index is 12.5. The SMILES string of the molecule is Cc1noc(CSc2ccccc2C(=O)OCC(=O)Nc2ccc(C)c(C)c2)n1. The largest absolute Gasteiger partial charge is 0.452 e. The Labute approximate surface area is 172 Å². The molecule has 0 saturated carbocycles. The number of thioether (sulfide) groups is 1. The summed E-state index contributed by atoms with van der Waals surface area (Å²) in [5.74, 6) is 0.503. The normalized spacial score (nSPS) is 10.6. The number of ether oxygens (including phenoxy) is 1. The number of carbonyl (C=O) groups excluding carboxylic acids is 2. The minimum absolute atomic E-state index is 0.367. The van der Waals surface area contributed by atoms with Crippen molar-refractivity contribution in [1.82, 2.24) is 10.1 Å². The van der Waals surface area contributed by atoms with E-state index in [4.69, 9.17) is 9.26 Å². The first kappa shape index (κ1) is 20.6. The summed E-state index contributed by atoms with van der Waals surface area (Å²) < 4.78 is 10.3. The number of aryl methyl sites for hydroxylation is 3. The van der Waals surface area contributed by atoms with Crippen molar-refractivity contribution >= 4 is 29.3 Å².